The van der Waals surface area contributed by atoms with Gasteiger partial charge >= 0.3 is 0 Å². The molecular formula is C60H36B2N6OS. The van der Waals surface area contributed by atoms with E-state index in [-0.39, 0.29) is 13.4 Å². The molecule has 0 unspecified atom stereocenters. The largest absolute Gasteiger partial charge is 0.456 e. The predicted molar refractivity (Wildman–Crippen MR) is 293 cm³/mol. The number of benzene rings is 8. The van der Waals surface area contributed by atoms with E-state index in [0.29, 0.717) is 0 Å². The van der Waals surface area contributed by atoms with Gasteiger partial charge in [0.2, 0.25) is 0 Å². The third-order valence-corrected chi connectivity index (χ3v) is 16.2. The van der Waals surface area contributed by atoms with Crippen LogP contribution in [-0.2, 0) is 0 Å². The average molecular weight is 911 g/mol. The first-order chi connectivity index (χ1) is 34.8. The van der Waals surface area contributed by atoms with Gasteiger partial charge in [0, 0.05) is 101 Å². The highest BCUT2D eigenvalue weighted by atomic mass is 32.1. The standard InChI is InChI=1S/C60H36B2N6OS/c1-3-15-37(16-4-1)65-48-24-11-25-49-57(48)61(44-22-8-9-23-47(44)67(49)39-19-13-29-63-35-39)45-31-42-43-32-46-53(34-55(43)69-54(42)33-52(45)65)66(38-17-5-2-6-18-38)50-26-12-27-51-58(50)62(46)60-59(41-21-7-10-28-56(41)70-60)68(51)40-20-14-30-64-36-40/h1-36H. The molecule has 12 aromatic rings. The number of hydrogen-bond donors (Lipinski definition) is 0. The summed E-state index contributed by atoms with van der Waals surface area (Å²) in [4.78, 5) is 19.0. The van der Waals surface area contributed by atoms with Gasteiger partial charge in [-0.15, -0.1) is 11.3 Å². The number of aromatic nitrogens is 2. The van der Waals surface area contributed by atoms with E-state index in [1.165, 1.54) is 47.9 Å². The van der Waals surface area contributed by atoms with Crippen molar-refractivity contribution in [1.82, 2.24) is 9.97 Å². The molecule has 0 saturated heterocycles. The summed E-state index contributed by atoms with van der Waals surface area (Å²) in [5.74, 6) is 0. The zero-order chi connectivity index (χ0) is 45.6. The maximum Gasteiger partial charge on any atom is 0.264 e. The quantitative estimate of drug-likeness (QED) is 0.163. The third-order valence-electron chi connectivity index (χ3n) is 14.9. The van der Waals surface area contributed by atoms with E-state index in [9.17, 15) is 0 Å². The fraction of sp³-hybridized carbons (Fsp3) is 0. The number of rotatable bonds is 4. The molecule has 0 atom stereocenters. The number of hydrogen-bond acceptors (Lipinski definition) is 8. The minimum absolute atomic E-state index is 0.0415. The zero-order valence-electron chi connectivity index (χ0n) is 37.4. The molecule has 10 heteroatoms. The topological polar surface area (TPSA) is 51.9 Å². The van der Waals surface area contributed by atoms with Crippen LogP contribution in [0.5, 0.6) is 0 Å². The highest BCUT2D eigenvalue weighted by Crippen LogP contribution is 2.50. The van der Waals surface area contributed by atoms with Gasteiger partial charge in [0.05, 0.1) is 29.5 Å². The molecule has 0 radical (unpaired) electrons. The summed E-state index contributed by atoms with van der Waals surface area (Å²) in [5.41, 5.74) is 21.5. The van der Waals surface area contributed by atoms with E-state index in [1.54, 1.807) is 0 Å². The molecule has 0 N–H and O–H groups in total. The van der Waals surface area contributed by atoms with Gasteiger partial charge in [0.25, 0.3) is 13.4 Å². The molecule has 4 aromatic heterocycles. The minimum atomic E-state index is -0.0434. The molecule has 0 bridgehead atoms. The molecule has 0 spiro atoms. The lowest BCUT2D eigenvalue weighted by Gasteiger charge is -2.43. The number of nitrogens with zero attached hydrogens (tertiary/aromatic N) is 6. The molecule has 4 aliphatic heterocycles. The summed E-state index contributed by atoms with van der Waals surface area (Å²) in [6.07, 6.45) is 7.66. The molecule has 8 aromatic carbocycles. The van der Waals surface area contributed by atoms with Crippen LogP contribution in [0.25, 0.3) is 32.0 Å². The molecule has 0 aliphatic carbocycles. The van der Waals surface area contributed by atoms with Gasteiger partial charge in [-0.25, -0.2) is 0 Å². The zero-order valence-corrected chi connectivity index (χ0v) is 38.3. The number of anilines is 12. The highest BCUT2D eigenvalue weighted by Gasteiger charge is 2.47. The number of fused-ring (bicyclic) bond motifs is 13. The van der Waals surface area contributed by atoms with Gasteiger partial charge in [0.15, 0.2) is 0 Å². The summed E-state index contributed by atoms with van der Waals surface area (Å²) < 4.78 is 9.79. The van der Waals surface area contributed by atoms with Crippen LogP contribution in [0.15, 0.2) is 223 Å². The molecule has 0 amide bonds. The molecular weight excluding hydrogens is 874 g/mol. The Morgan fingerprint density at radius 2 is 0.857 bits per heavy atom. The average Bonchev–Trinajstić information content (AvgIpc) is 3.98. The number of pyridine rings is 2. The van der Waals surface area contributed by atoms with Crippen molar-refractivity contribution < 1.29 is 4.42 Å². The molecule has 0 fully saturated rings. The Hall–Kier alpha value is -8.85. The van der Waals surface area contributed by atoms with Crippen LogP contribution in [-0.4, -0.2) is 23.4 Å². The second-order valence-corrected chi connectivity index (χ2v) is 19.6. The van der Waals surface area contributed by atoms with Crippen LogP contribution in [0.1, 0.15) is 0 Å². The maximum atomic E-state index is 7.20. The Morgan fingerprint density at radius 1 is 0.371 bits per heavy atom. The SMILES string of the molecule is c1ccc(N2c3cc4oc5cc6c(cc5c4cc3B3c4ccccc4N(c4cccnc4)c4cccc2c43)B2c3sc4ccccc4c3N(c3cccnc3)c3cccc(c32)N6c2ccccc2)cc1. The lowest BCUT2D eigenvalue weighted by atomic mass is 9.33. The first-order valence-electron chi connectivity index (χ1n) is 23.8. The van der Waals surface area contributed by atoms with Crippen LogP contribution in [0.2, 0.25) is 0 Å². The first-order valence-corrected chi connectivity index (χ1v) is 24.6. The highest BCUT2D eigenvalue weighted by molar-refractivity contribution is 7.33. The minimum Gasteiger partial charge on any atom is -0.456 e. The lowest BCUT2D eigenvalue weighted by molar-refractivity contribution is 0.669. The lowest BCUT2D eigenvalue weighted by Crippen LogP contribution is -2.61. The van der Waals surface area contributed by atoms with Gasteiger partial charge in [-0.05, 0) is 112 Å². The van der Waals surface area contributed by atoms with Crippen LogP contribution in [0.3, 0.4) is 0 Å². The molecule has 4 aliphatic rings. The van der Waals surface area contributed by atoms with Gasteiger partial charge in [-0.2, -0.15) is 0 Å². The van der Waals surface area contributed by atoms with Crippen molar-refractivity contribution in [2.75, 3.05) is 19.6 Å². The number of para-hydroxylation sites is 3. The van der Waals surface area contributed by atoms with Crippen molar-refractivity contribution in [3.63, 3.8) is 0 Å². The summed E-state index contributed by atoms with van der Waals surface area (Å²) in [6, 6.07) is 70.8. The Labute approximate surface area is 407 Å². The van der Waals surface area contributed by atoms with Crippen LogP contribution in [0, 0.1) is 0 Å². The van der Waals surface area contributed by atoms with Crippen molar-refractivity contribution in [2.45, 2.75) is 0 Å². The molecule has 324 valence electrons. The van der Waals surface area contributed by atoms with E-state index >= 15 is 0 Å². The Kier molecular flexibility index (Phi) is 7.81. The van der Waals surface area contributed by atoms with E-state index in [0.717, 1.165) is 84.5 Å². The second-order valence-electron chi connectivity index (χ2n) is 18.5. The Morgan fingerprint density at radius 3 is 1.47 bits per heavy atom. The fourth-order valence-corrected chi connectivity index (χ4v) is 13.6. The maximum absolute atomic E-state index is 7.20. The van der Waals surface area contributed by atoms with E-state index in [4.69, 9.17) is 4.42 Å². The molecule has 16 rings (SSSR count). The Bertz CT molecular complexity index is 4130. The summed E-state index contributed by atoms with van der Waals surface area (Å²) in [5, 5.41) is 3.45. The fourth-order valence-electron chi connectivity index (χ4n) is 12.2. The van der Waals surface area contributed by atoms with E-state index in [2.05, 4.69) is 212 Å². The van der Waals surface area contributed by atoms with E-state index < -0.39 is 0 Å². The summed E-state index contributed by atoms with van der Waals surface area (Å²) in [6.45, 7) is -0.0849. The van der Waals surface area contributed by atoms with Crippen LogP contribution in [0.4, 0.5) is 68.2 Å². The van der Waals surface area contributed by atoms with E-state index in [1.807, 2.05) is 48.3 Å². The van der Waals surface area contributed by atoms with Crippen LogP contribution >= 0.6 is 11.3 Å². The van der Waals surface area contributed by atoms with Gasteiger partial charge in [0.1, 0.15) is 11.2 Å². The van der Waals surface area contributed by atoms with Crippen molar-refractivity contribution in [2.24, 2.45) is 0 Å². The summed E-state index contributed by atoms with van der Waals surface area (Å²) in [7, 11) is 0. The van der Waals surface area contributed by atoms with Gasteiger partial charge < -0.3 is 24.0 Å². The predicted octanol–water partition coefficient (Wildman–Crippen LogP) is 11.8. The number of furan rings is 1. The molecule has 8 heterocycles. The van der Waals surface area contributed by atoms with Crippen molar-refractivity contribution in [1.29, 1.82) is 0 Å². The van der Waals surface area contributed by atoms with Crippen LogP contribution < -0.4 is 51.7 Å². The summed E-state index contributed by atoms with van der Waals surface area (Å²) >= 11 is 1.90. The number of thiophene rings is 1. The van der Waals surface area contributed by atoms with Gasteiger partial charge in [-0.1, -0.05) is 97.1 Å². The van der Waals surface area contributed by atoms with Crippen molar-refractivity contribution in [3.05, 3.63) is 219 Å². The molecule has 7 nitrogen and oxygen atoms in total. The second kappa shape index (κ2) is 14.3. The molecule has 70 heavy (non-hydrogen) atoms. The smallest absolute Gasteiger partial charge is 0.264 e. The first kappa shape index (κ1) is 38.2. The molecule has 0 saturated carbocycles. The normalized spacial score (nSPS) is 13.8. The van der Waals surface area contributed by atoms with Crippen molar-refractivity contribution in [3.8, 4) is 0 Å². The third kappa shape index (κ3) is 5.15. The van der Waals surface area contributed by atoms with Crippen molar-refractivity contribution >= 4 is 157 Å². The monoisotopic (exact) mass is 910 g/mol. The van der Waals surface area contributed by atoms with Gasteiger partial charge in [-0.3, -0.25) is 9.97 Å². The Balaban J connectivity index is 0.984.